The Morgan fingerprint density at radius 2 is 2.17 bits per heavy atom. The van der Waals surface area contributed by atoms with E-state index in [0.717, 1.165) is 19.6 Å². The van der Waals surface area contributed by atoms with E-state index in [2.05, 4.69) is 17.1 Å². The van der Waals surface area contributed by atoms with Gasteiger partial charge < -0.3 is 15.1 Å². The maximum atomic E-state index is 12.2. The molecule has 0 aliphatic carbocycles. The highest BCUT2D eigenvalue weighted by atomic mass is 16.2. The number of amides is 2. The van der Waals surface area contributed by atoms with Crippen molar-refractivity contribution in [3.05, 3.63) is 0 Å². The van der Waals surface area contributed by atoms with E-state index >= 15 is 0 Å². The highest BCUT2D eigenvalue weighted by molar-refractivity contribution is 5.86. The number of nitrogens with one attached hydrogen (secondary N) is 1. The molecule has 0 bridgehead atoms. The Labute approximate surface area is 108 Å². The van der Waals surface area contributed by atoms with Crippen LogP contribution in [0.1, 0.15) is 6.92 Å². The second-order valence-electron chi connectivity index (χ2n) is 5.15. The fourth-order valence-electron chi connectivity index (χ4n) is 2.36. The Bertz CT molecular complexity index is 334. The summed E-state index contributed by atoms with van der Waals surface area (Å²) < 4.78 is 0. The van der Waals surface area contributed by atoms with E-state index in [4.69, 9.17) is 0 Å². The largest absolute Gasteiger partial charge is 0.342 e. The topological polar surface area (TPSA) is 55.9 Å². The van der Waals surface area contributed by atoms with Crippen LogP contribution in [0.4, 0.5) is 0 Å². The van der Waals surface area contributed by atoms with E-state index in [1.54, 1.807) is 16.8 Å². The Morgan fingerprint density at radius 1 is 1.39 bits per heavy atom. The molecule has 0 radical (unpaired) electrons. The predicted octanol–water partition coefficient (Wildman–Crippen LogP) is -1.42. The first-order valence-corrected chi connectivity index (χ1v) is 6.54. The van der Waals surface area contributed by atoms with Gasteiger partial charge in [0.2, 0.25) is 11.8 Å². The number of piperazine rings is 2. The third-order valence-electron chi connectivity index (χ3n) is 3.79. The van der Waals surface area contributed by atoms with Crippen LogP contribution < -0.4 is 5.32 Å². The number of rotatable bonds is 2. The number of carbonyl (C=O) groups is 2. The molecule has 2 aliphatic heterocycles. The number of likely N-dealkylation sites (N-methyl/N-ethyl adjacent to an activating group) is 1. The first-order valence-electron chi connectivity index (χ1n) is 6.54. The van der Waals surface area contributed by atoms with Crippen LogP contribution >= 0.6 is 0 Å². The smallest absolute Gasteiger partial charge is 0.241 e. The Kier molecular flexibility index (Phi) is 4.19. The SMILES string of the molecule is CC1CNCCN1CC(=O)N1CCN(C)C(=O)C1. The summed E-state index contributed by atoms with van der Waals surface area (Å²) in [7, 11) is 1.78. The average Bonchev–Trinajstić information content (AvgIpc) is 2.35. The van der Waals surface area contributed by atoms with Crippen LogP contribution in [0.3, 0.4) is 0 Å². The van der Waals surface area contributed by atoms with Gasteiger partial charge in [0, 0.05) is 45.8 Å². The molecule has 2 heterocycles. The number of hydrogen-bond donors (Lipinski definition) is 1. The molecule has 2 amide bonds. The molecule has 2 aliphatic rings. The quantitative estimate of drug-likeness (QED) is 0.657. The molecule has 1 atom stereocenters. The Hall–Kier alpha value is -1.14. The molecule has 2 fully saturated rings. The summed E-state index contributed by atoms with van der Waals surface area (Å²) in [5.74, 6) is 0.105. The lowest BCUT2D eigenvalue weighted by atomic mass is 10.2. The number of carbonyl (C=O) groups excluding carboxylic acids is 2. The van der Waals surface area contributed by atoms with Crippen molar-refractivity contribution in [3.63, 3.8) is 0 Å². The Morgan fingerprint density at radius 3 is 2.83 bits per heavy atom. The third kappa shape index (κ3) is 3.00. The summed E-state index contributed by atoms with van der Waals surface area (Å²) in [6, 6.07) is 0.380. The van der Waals surface area contributed by atoms with Crippen molar-refractivity contribution in [2.24, 2.45) is 0 Å². The lowest BCUT2D eigenvalue weighted by molar-refractivity contribution is -0.145. The van der Waals surface area contributed by atoms with E-state index in [1.165, 1.54) is 0 Å². The van der Waals surface area contributed by atoms with Crippen LogP contribution in [0.2, 0.25) is 0 Å². The van der Waals surface area contributed by atoms with Crippen LogP contribution in [-0.4, -0.2) is 85.4 Å². The summed E-state index contributed by atoms with van der Waals surface area (Å²) in [5, 5.41) is 3.30. The molecule has 18 heavy (non-hydrogen) atoms. The van der Waals surface area contributed by atoms with Crippen LogP contribution in [0, 0.1) is 0 Å². The summed E-state index contributed by atoms with van der Waals surface area (Å²) in [6.45, 7) is 6.83. The molecule has 2 saturated heterocycles. The van der Waals surface area contributed by atoms with Crippen molar-refractivity contribution in [1.82, 2.24) is 20.0 Å². The molecular weight excluding hydrogens is 232 g/mol. The first-order chi connectivity index (χ1) is 8.58. The van der Waals surface area contributed by atoms with Crippen LogP contribution in [0.15, 0.2) is 0 Å². The molecule has 2 rings (SSSR count). The molecular formula is C12H22N4O2. The zero-order chi connectivity index (χ0) is 13.1. The zero-order valence-electron chi connectivity index (χ0n) is 11.2. The van der Waals surface area contributed by atoms with Gasteiger partial charge in [0.15, 0.2) is 0 Å². The summed E-state index contributed by atoms with van der Waals surface area (Å²) in [4.78, 5) is 29.3. The maximum absolute atomic E-state index is 12.2. The lowest BCUT2D eigenvalue weighted by Gasteiger charge is -2.37. The van der Waals surface area contributed by atoms with E-state index in [9.17, 15) is 9.59 Å². The highest BCUT2D eigenvalue weighted by Crippen LogP contribution is 2.06. The van der Waals surface area contributed by atoms with Gasteiger partial charge in [0.25, 0.3) is 0 Å². The number of nitrogens with zero attached hydrogens (tertiary/aromatic N) is 3. The average molecular weight is 254 g/mol. The molecule has 0 aromatic heterocycles. The maximum Gasteiger partial charge on any atom is 0.241 e. The van der Waals surface area contributed by atoms with Gasteiger partial charge in [-0.1, -0.05) is 0 Å². The molecule has 102 valence electrons. The second kappa shape index (κ2) is 5.67. The van der Waals surface area contributed by atoms with E-state index < -0.39 is 0 Å². The van der Waals surface area contributed by atoms with Crippen molar-refractivity contribution in [1.29, 1.82) is 0 Å². The van der Waals surface area contributed by atoms with Crippen molar-refractivity contribution in [3.8, 4) is 0 Å². The molecule has 0 aromatic rings. The number of hydrogen-bond acceptors (Lipinski definition) is 4. The van der Waals surface area contributed by atoms with E-state index in [0.29, 0.717) is 25.7 Å². The zero-order valence-corrected chi connectivity index (χ0v) is 11.2. The molecule has 0 saturated carbocycles. The third-order valence-corrected chi connectivity index (χ3v) is 3.79. The van der Waals surface area contributed by atoms with Gasteiger partial charge >= 0.3 is 0 Å². The lowest BCUT2D eigenvalue weighted by Crippen LogP contribution is -2.56. The second-order valence-corrected chi connectivity index (χ2v) is 5.15. The van der Waals surface area contributed by atoms with Crippen molar-refractivity contribution >= 4 is 11.8 Å². The van der Waals surface area contributed by atoms with Crippen molar-refractivity contribution in [2.75, 3.05) is 52.9 Å². The molecule has 0 aromatic carbocycles. The minimum Gasteiger partial charge on any atom is -0.342 e. The van der Waals surface area contributed by atoms with Gasteiger partial charge in [-0.25, -0.2) is 0 Å². The van der Waals surface area contributed by atoms with E-state index in [-0.39, 0.29) is 18.4 Å². The van der Waals surface area contributed by atoms with Crippen LogP contribution in [-0.2, 0) is 9.59 Å². The van der Waals surface area contributed by atoms with Gasteiger partial charge in [0.1, 0.15) is 0 Å². The predicted molar refractivity (Wildman–Crippen MR) is 68.1 cm³/mol. The summed E-state index contributed by atoms with van der Waals surface area (Å²) >= 11 is 0. The molecule has 1 N–H and O–H groups in total. The van der Waals surface area contributed by atoms with Gasteiger partial charge in [-0.05, 0) is 6.92 Å². The minimum absolute atomic E-state index is 0.0305. The molecule has 6 nitrogen and oxygen atoms in total. The fraction of sp³-hybridized carbons (Fsp3) is 0.833. The summed E-state index contributed by atoms with van der Waals surface area (Å²) in [6.07, 6.45) is 0. The van der Waals surface area contributed by atoms with Crippen LogP contribution in [0.25, 0.3) is 0 Å². The molecule has 0 spiro atoms. The molecule has 6 heteroatoms. The van der Waals surface area contributed by atoms with Gasteiger partial charge in [-0.15, -0.1) is 0 Å². The van der Waals surface area contributed by atoms with Gasteiger partial charge in [-0.3, -0.25) is 14.5 Å². The Balaban J connectivity index is 1.86. The van der Waals surface area contributed by atoms with Crippen molar-refractivity contribution in [2.45, 2.75) is 13.0 Å². The normalized spacial score (nSPS) is 26.6. The highest BCUT2D eigenvalue weighted by Gasteiger charge is 2.27. The van der Waals surface area contributed by atoms with Gasteiger partial charge in [0.05, 0.1) is 13.1 Å². The fourth-order valence-corrected chi connectivity index (χ4v) is 2.36. The van der Waals surface area contributed by atoms with E-state index in [1.807, 2.05) is 0 Å². The minimum atomic E-state index is 0.0305. The first kappa shape index (κ1) is 13.3. The standard InChI is InChI=1S/C12H22N4O2/c1-10-7-13-3-4-15(10)9-12(18)16-6-5-14(2)11(17)8-16/h10,13H,3-9H2,1-2H3. The van der Waals surface area contributed by atoms with Crippen LogP contribution in [0.5, 0.6) is 0 Å². The monoisotopic (exact) mass is 254 g/mol. The van der Waals surface area contributed by atoms with Crippen molar-refractivity contribution < 1.29 is 9.59 Å². The molecule has 1 unspecified atom stereocenters. The van der Waals surface area contributed by atoms with Gasteiger partial charge in [-0.2, -0.15) is 0 Å². The summed E-state index contributed by atoms with van der Waals surface area (Å²) in [5.41, 5.74) is 0.